The fourth-order valence-electron chi connectivity index (χ4n) is 1.95. The maximum Gasteiger partial charge on any atom is 0.0873 e. The molecule has 18 heavy (non-hydrogen) atoms. The van der Waals surface area contributed by atoms with Gasteiger partial charge in [-0.15, -0.1) is 0 Å². The minimum atomic E-state index is -0.161. The first-order chi connectivity index (χ1) is 8.74. The topological polar surface area (TPSA) is 62.3 Å². The predicted molar refractivity (Wildman–Crippen MR) is 75.8 cm³/mol. The van der Waals surface area contributed by atoms with Gasteiger partial charge in [-0.1, -0.05) is 0 Å². The largest absolute Gasteiger partial charge is 0.383 e. The highest BCUT2D eigenvalue weighted by molar-refractivity contribution is 9.10. The number of halogens is 1. The summed E-state index contributed by atoms with van der Waals surface area (Å²) in [6.45, 7) is 2.09. The minimum Gasteiger partial charge on any atom is -0.383 e. The average molecular weight is 336 g/mol. The van der Waals surface area contributed by atoms with Crippen molar-refractivity contribution in [2.75, 3.05) is 31.8 Å². The van der Waals surface area contributed by atoms with Crippen LogP contribution in [0.1, 0.15) is 11.7 Å². The van der Waals surface area contributed by atoms with Gasteiger partial charge < -0.3 is 15.2 Å². The van der Waals surface area contributed by atoms with E-state index in [9.17, 15) is 0 Å². The maximum absolute atomic E-state index is 6.32. The van der Waals surface area contributed by atoms with Gasteiger partial charge in [0.05, 0.1) is 48.3 Å². The van der Waals surface area contributed by atoms with Gasteiger partial charge in [-0.2, -0.15) is 16.9 Å². The highest BCUT2D eigenvalue weighted by Crippen LogP contribution is 2.28. The number of methoxy groups -OCH3 is 1. The molecule has 2 atom stereocenters. The standard InChI is InChI=1S/C11H18BrN3O2S/c1-16-3-2-15-11(8(12)6-14-15)10(13)9-7-18-5-4-17-9/h6,9-10H,2-5,7,13H2,1H3. The highest BCUT2D eigenvalue weighted by Gasteiger charge is 2.27. The van der Waals surface area contributed by atoms with Gasteiger partial charge in [0, 0.05) is 18.6 Å². The molecule has 2 heterocycles. The van der Waals surface area contributed by atoms with Crippen molar-refractivity contribution in [1.82, 2.24) is 9.78 Å². The first kappa shape index (κ1) is 14.3. The molecule has 0 bridgehead atoms. The van der Waals surface area contributed by atoms with Crippen LogP contribution in [0.15, 0.2) is 10.7 Å². The lowest BCUT2D eigenvalue weighted by molar-refractivity contribution is 0.0542. The molecular formula is C11H18BrN3O2S. The number of aromatic nitrogens is 2. The van der Waals surface area contributed by atoms with Gasteiger partial charge in [0.25, 0.3) is 0 Å². The van der Waals surface area contributed by atoms with Crippen molar-refractivity contribution in [2.45, 2.75) is 18.7 Å². The smallest absolute Gasteiger partial charge is 0.0873 e. The first-order valence-electron chi connectivity index (χ1n) is 5.89. The SMILES string of the molecule is COCCn1ncc(Br)c1C(N)C1CSCCO1. The Labute approximate surface area is 120 Å². The van der Waals surface area contributed by atoms with Gasteiger partial charge in [0.1, 0.15) is 0 Å². The van der Waals surface area contributed by atoms with Gasteiger partial charge in [-0.3, -0.25) is 4.68 Å². The lowest BCUT2D eigenvalue weighted by Gasteiger charge is -2.28. The van der Waals surface area contributed by atoms with Crippen molar-refractivity contribution < 1.29 is 9.47 Å². The van der Waals surface area contributed by atoms with Gasteiger partial charge >= 0.3 is 0 Å². The summed E-state index contributed by atoms with van der Waals surface area (Å²) in [7, 11) is 1.68. The first-order valence-corrected chi connectivity index (χ1v) is 7.84. The Morgan fingerprint density at radius 3 is 3.28 bits per heavy atom. The van der Waals surface area contributed by atoms with E-state index in [-0.39, 0.29) is 12.1 Å². The Kier molecular flexibility index (Phi) is 5.50. The quantitative estimate of drug-likeness (QED) is 0.881. The molecule has 0 aromatic carbocycles. The summed E-state index contributed by atoms with van der Waals surface area (Å²) in [6.07, 6.45) is 1.83. The van der Waals surface area contributed by atoms with Crippen molar-refractivity contribution in [3.8, 4) is 0 Å². The summed E-state index contributed by atoms with van der Waals surface area (Å²) in [6, 6.07) is -0.161. The highest BCUT2D eigenvalue weighted by atomic mass is 79.9. The molecule has 5 nitrogen and oxygen atoms in total. The zero-order valence-corrected chi connectivity index (χ0v) is 12.7. The van der Waals surface area contributed by atoms with E-state index in [4.69, 9.17) is 15.2 Å². The molecule has 1 fully saturated rings. The molecular weight excluding hydrogens is 318 g/mol. The lowest BCUT2D eigenvalue weighted by Crippen LogP contribution is -2.36. The van der Waals surface area contributed by atoms with E-state index in [1.165, 1.54) is 0 Å². The second-order valence-corrected chi connectivity index (χ2v) is 6.11. The molecule has 7 heteroatoms. The number of ether oxygens (including phenoxy) is 2. The monoisotopic (exact) mass is 335 g/mol. The van der Waals surface area contributed by atoms with Crippen LogP contribution in [0.3, 0.4) is 0 Å². The summed E-state index contributed by atoms with van der Waals surface area (Å²) in [5.41, 5.74) is 7.30. The number of nitrogens with zero attached hydrogens (tertiary/aromatic N) is 2. The molecule has 2 unspecified atom stereocenters. The van der Waals surface area contributed by atoms with Crippen molar-refractivity contribution in [2.24, 2.45) is 5.73 Å². The fraction of sp³-hybridized carbons (Fsp3) is 0.727. The molecule has 102 valence electrons. The zero-order chi connectivity index (χ0) is 13.0. The predicted octanol–water partition coefficient (Wildman–Crippen LogP) is 1.42. The van der Waals surface area contributed by atoms with Gasteiger partial charge in [-0.05, 0) is 15.9 Å². The van der Waals surface area contributed by atoms with Crippen molar-refractivity contribution in [1.29, 1.82) is 0 Å². The second-order valence-electron chi connectivity index (χ2n) is 4.10. The van der Waals surface area contributed by atoms with Gasteiger partial charge in [0.2, 0.25) is 0 Å². The van der Waals surface area contributed by atoms with Crippen LogP contribution >= 0.6 is 27.7 Å². The normalized spacial score (nSPS) is 22.1. The van der Waals surface area contributed by atoms with Crippen molar-refractivity contribution >= 4 is 27.7 Å². The molecule has 0 spiro atoms. The summed E-state index contributed by atoms with van der Waals surface area (Å²) >= 11 is 5.39. The summed E-state index contributed by atoms with van der Waals surface area (Å²) < 4.78 is 13.6. The molecule has 1 aliphatic heterocycles. The number of thioether (sulfide) groups is 1. The van der Waals surface area contributed by atoms with E-state index < -0.39 is 0 Å². The van der Waals surface area contributed by atoms with Crippen LogP contribution in [0.2, 0.25) is 0 Å². The van der Waals surface area contributed by atoms with E-state index in [1.807, 2.05) is 16.4 Å². The molecule has 1 aromatic rings. The molecule has 2 rings (SSSR count). The van der Waals surface area contributed by atoms with Crippen LogP contribution in [0.25, 0.3) is 0 Å². The van der Waals surface area contributed by atoms with E-state index in [1.54, 1.807) is 13.3 Å². The summed E-state index contributed by atoms with van der Waals surface area (Å²) in [4.78, 5) is 0. The zero-order valence-electron chi connectivity index (χ0n) is 10.3. The van der Waals surface area contributed by atoms with Crippen LogP contribution in [0.5, 0.6) is 0 Å². The Balaban J connectivity index is 2.12. The Hall–Kier alpha value is -0.0800. The number of hydrogen-bond acceptors (Lipinski definition) is 5. The Bertz CT molecular complexity index is 382. The molecule has 1 aliphatic rings. The third kappa shape index (κ3) is 3.27. The third-order valence-electron chi connectivity index (χ3n) is 2.90. The van der Waals surface area contributed by atoms with Crippen LogP contribution in [0.4, 0.5) is 0 Å². The second kappa shape index (κ2) is 6.91. The van der Waals surface area contributed by atoms with Crippen molar-refractivity contribution in [3.05, 3.63) is 16.4 Å². The van der Waals surface area contributed by atoms with E-state index >= 15 is 0 Å². The third-order valence-corrected chi connectivity index (χ3v) is 4.53. The summed E-state index contributed by atoms with van der Waals surface area (Å²) in [5.74, 6) is 1.98. The number of rotatable bonds is 5. The van der Waals surface area contributed by atoms with Crippen LogP contribution in [0, 0.1) is 0 Å². The maximum atomic E-state index is 6.32. The molecule has 0 aliphatic carbocycles. The molecule has 2 N–H and O–H groups in total. The molecule has 0 radical (unpaired) electrons. The minimum absolute atomic E-state index is 0.0537. The number of hydrogen-bond donors (Lipinski definition) is 1. The molecule has 1 saturated heterocycles. The summed E-state index contributed by atoms with van der Waals surface area (Å²) in [5, 5.41) is 4.32. The van der Waals surface area contributed by atoms with E-state index in [0.717, 1.165) is 28.3 Å². The van der Waals surface area contributed by atoms with Gasteiger partial charge in [0.15, 0.2) is 0 Å². The average Bonchev–Trinajstić information content (AvgIpc) is 2.77. The molecule has 1 aromatic heterocycles. The van der Waals surface area contributed by atoms with Crippen molar-refractivity contribution in [3.63, 3.8) is 0 Å². The van der Waals surface area contributed by atoms with E-state index in [2.05, 4.69) is 21.0 Å². The molecule has 0 saturated carbocycles. The fourth-order valence-corrected chi connectivity index (χ4v) is 3.43. The van der Waals surface area contributed by atoms with Crippen LogP contribution in [-0.4, -0.2) is 47.7 Å². The lowest BCUT2D eigenvalue weighted by atomic mass is 10.1. The Morgan fingerprint density at radius 1 is 1.78 bits per heavy atom. The Morgan fingerprint density at radius 2 is 2.61 bits per heavy atom. The van der Waals surface area contributed by atoms with Crippen LogP contribution < -0.4 is 5.73 Å². The molecule has 0 amide bonds. The van der Waals surface area contributed by atoms with E-state index in [0.29, 0.717) is 13.2 Å². The number of nitrogens with two attached hydrogens (primary N) is 1. The van der Waals surface area contributed by atoms with Gasteiger partial charge in [-0.25, -0.2) is 0 Å². The van der Waals surface area contributed by atoms with Crippen LogP contribution in [-0.2, 0) is 16.0 Å².